The minimum absolute atomic E-state index is 0.232. The van der Waals surface area contributed by atoms with Crippen LogP contribution in [0.5, 0.6) is 0 Å². The van der Waals surface area contributed by atoms with Crippen LogP contribution in [0.15, 0.2) is 42.9 Å². The molecule has 0 aromatic carbocycles. The fraction of sp³-hybridized carbons (Fsp3) is 0.158. The Bertz CT molecular complexity index is 1240. The second-order valence-corrected chi connectivity index (χ2v) is 6.90. The normalized spacial score (nSPS) is 16.2. The lowest BCUT2D eigenvalue weighted by atomic mass is 9.99. The molecule has 5 heterocycles. The molecule has 0 amide bonds. The molecule has 1 N–H and O–H groups in total. The van der Waals surface area contributed by atoms with Crippen LogP contribution in [0.4, 0.5) is 10.1 Å². The molecule has 1 atom stereocenters. The Labute approximate surface area is 164 Å². The first kappa shape index (κ1) is 16.7. The van der Waals surface area contributed by atoms with E-state index in [0.717, 1.165) is 23.5 Å². The van der Waals surface area contributed by atoms with Crippen LogP contribution in [-0.2, 0) is 6.42 Å². The van der Waals surface area contributed by atoms with Crippen LogP contribution in [0.25, 0.3) is 5.52 Å². The third-order valence-corrected chi connectivity index (χ3v) is 5.09. The van der Waals surface area contributed by atoms with Crippen LogP contribution in [-0.4, -0.2) is 31.1 Å². The average molecular weight is 394 g/mol. The van der Waals surface area contributed by atoms with Crippen molar-refractivity contribution in [3.05, 3.63) is 76.6 Å². The van der Waals surface area contributed by atoms with E-state index in [0.29, 0.717) is 17.8 Å². The maximum absolute atomic E-state index is 14.2. The van der Waals surface area contributed by atoms with E-state index in [1.807, 2.05) is 6.07 Å². The SMILES string of the molecule is N#Cc1cc(N2CCc3[nH]cnc3C2c2cc3c(F)cccn3n2)cc(Cl)n1. The van der Waals surface area contributed by atoms with Gasteiger partial charge in [0.25, 0.3) is 0 Å². The van der Waals surface area contributed by atoms with Crippen molar-refractivity contribution in [2.45, 2.75) is 12.5 Å². The number of pyridine rings is 2. The van der Waals surface area contributed by atoms with Gasteiger partial charge in [-0.15, -0.1) is 0 Å². The molecule has 1 aliphatic rings. The third kappa shape index (κ3) is 2.60. The van der Waals surface area contributed by atoms with Gasteiger partial charge in [0.05, 0.1) is 17.7 Å². The van der Waals surface area contributed by atoms with E-state index in [9.17, 15) is 9.65 Å². The Morgan fingerprint density at radius 1 is 1.32 bits per heavy atom. The summed E-state index contributed by atoms with van der Waals surface area (Å²) in [6.45, 7) is 0.654. The summed E-state index contributed by atoms with van der Waals surface area (Å²) in [5.74, 6) is -0.343. The molecule has 0 bridgehead atoms. The summed E-state index contributed by atoms with van der Waals surface area (Å²) in [5, 5.41) is 14.1. The van der Waals surface area contributed by atoms with Crippen molar-refractivity contribution in [1.82, 2.24) is 24.6 Å². The molecule has 0 radical (unpaired) electrons. The smallest absolute Gasteiger partial charge is 0.148 e. The van der Waals surface area contributed by atoms with Gasteiger partial charge in [-0.25, -0.2) is 18.9 Å². The molecule has 138 valence electrons. The molecule has 1 unspecified atom stereocenters. The van der Waals surface area contributed by atoms with Crippen LogP contribution in [0.2, 0.25) is 5.15 Å². The van der Waals surface area contributed by atoms with Gasteiger partial charge in [0.1, 0.15) is 34.3 Å². The van der Waals surface area contributed by atoms with E-state index in [-0.39, 0.29) is 22.7 Å². The molecule has 4 aromatic rings. The lowest BCUT2D eigenvalue weighted by Crippen LogP contribution is -2.36. The van der Waals surface area contributed by atoms with Crippen LogP contribution < -0.4 is 4.90 Å². The highest BCUT2D eigenvalue weighted by Crippen LogP contribution is 2.37. The van der Waals surface area contributed by atoms with Crippen LogP contribution in [0, 0.1) is 17.1 Å². The Morgan fingerprint density at radius 2 is 2.21 bits per heavy atom. The minimum atomic E-state index is -0.348. The monoisotopic (exact) mass is 393 g/mol. The molecule has 28 heavy (non-hydrogen) atoms. The maximum Gasteiger partial charge on any atom is 0.148 e. The molecule has 9 heteroatoms. The number of aromatic nitrogens is 5. The average Bonchev–Trinajstić information content (AvgIpc) is 3.34. The van der Waals surface area contributed by atoms with E-state index in [4.69, 9.17) is 11.6 Å². The number of fused-ring (bicyclic) bond motifs is 2. The molecule has 0 saturated carbocycles. The van der Waals surface area contributed by atoms with Crippen LogP contribution in [0.3, 0.4) is 0 Å². The molecule has 0 fully saturated rings. The Morgan fingerprint density at radius 3 is 3.04 bits per heavy atom. The fourth-order valence-corrected chi connectivity index (χ4v) is 3.90. The van der Waals surface area contributed by atoms with Gasteiger partial charge in [-0.05, 0) is 30.3 Å². The minimum Gasteiger partial charge on any atom is -0.357 e. The topological polar surface area (TPSA) is 85.9 Å². The molecular weight excluding hydrogens is 381 g/mol. The van der Waals surface area contributed by atoms with Gasteiger partial charge in [0, 0.05) is 30.5 Å². The highest BCUT2D eigenvalue weighted by molar-refractivity contribution is 6.29. The first-order valence-electron chi connectivity index (χ1n) is 8.64. The highest BCUT2D eigenvalue weighted by atomic mass is 35.5. The standard InChI is InChI=1S/C19H13ClFN7/c20-17-7-12(6-11(9-22)25-17)27-5-3-14-18(24-10-23-14)19(27)15-8-16-13(21)2-1-4-28(16)26-15/h1-2,4,6-8,10,19H,3,5H2,(H,23,24). The lowest BCUT2D eigenvalue weighted by Gasteiger charge is -2.35. The maximum atomic E-state index is 14.2. The summed E-state index contributed by atoms with van der Waals surface area (Å²) < 4.78 is 15.7. The van der Waals surface area contributed by atoms with E-state index in [1.54, 1.807) is 36.8 Å². The van der Waals surface area contributed by atoms with Crippen molar-refractivity contribution in [1.29, 1.82) is 5.26 Å². The number of nitriles is 1. The number of nitrogens with zero attached hydrogens (tertiary/aromatic N) is 6. The molecule has 4 aromatic heterocycles. The predicted octanol–water partition coefficient (Wildman–Crippen LogP) is 3.27. The largest absolute Gasteiger partial charge is 0.357 e. The Balaban J connectivity index is 1.70. The summed E-state index contributed by atoms with van der Waals surface area (Å²) in [7, 11) is 0. The van der Waals surface area contributed by atoms with Gasteiger partial charge < -0.3 is 9.88 Å². The van der Waals surface area contributed by atoms with E-state index in [1.165, 1.54) is 10.6 Å². The number of nitrogens with one attached hydrogen (secondary N) is 1. The second-order valence-electron chi connectivity index (χ2n) is 6.51. The van der Waals surface area contributed by atoms with Crippen molar-refractivity contribution in [2.75, 3.05) is 11.4 Å². The number of anilines is 1. The van der Waals surface area contributed by atoms with E-state index < -0.39 is 0 Å². The van der Waals surface area contributed by atoms with Crippen molar-refractivity contribution in [3.8, 4) is 6.07 Å². The Hall–Kier alpha value is -3.44. The molecule has 0 saturated heterocycles. The van der Waals surface area contributed by atoms with Gasteiger partial charge in [0.15, 0.2) is 0 Å². The van der Waals surface area contributed by atoms with Gasteiger partial charge in [0.2, 0.25) is 0 Å². The number of hydrogen-bond acceptors (Lipinski definition) is 5. The zero-order valence-electron chi connectivity index (χ0n) is 14.5. The van der Waals surface area contributed by atoms with Crippen molar-refractivity contribution < 1.29 is 4.39 Å². The number of aromatic amines is 1. The molecule has 5 rings (SSSR count). The van der Waals surface area contributed by atoms with Crippen molar-refractivity contribution in [2.24, 2.45) is 0 Å². The highest BCUT2D eigenvalue weighted by Gasteiger charge is 2.33. The van der Waals surface area contributed by atoms with Crippen LogP contribution >= 0.6 is 11.6 Å². The quantitative estimate of drug-likeness (QED) is 0.528. The predicted molar refractivity (Wildman–Crippen MR) is 101 cm³/mol. The van der Waals surface area contributed by atoms with Gasteiger partial charge >= 0.3 is 0 Å². The van der Waals surface area contributed by atoms with E-state index in [2.05, 4.69) is 25.0 Å². The van der Waals surface area contributed by atoms with Gasteiger partial charge in [-0.1, -0.05) is 11.6 Å². The first-order valence-corrected chi connectivity index (χ1v) is 9.02. The summed E-state index contributed by atoms with van der Waals surface area (Å²) in [5.41, 5.74) is 3.86. The molecule has 1 aliphatic heterocycles. The number of rotatable bonds is 2. The molecule has 7 nitrogen and oxygen atoms in total. The van der Waals surface area contributed by atoms with Crippen LogP contribution in [0.1, 0.15) is 28.8 Å². The number of halogens is 2. The number of H-pyrrole nitrogens is 1. The summed E-state index contributed by atoms with van der Waals surface area (Å²) >= 11 is 6.13. The number of hydrogen-bond donors (Lipinski definition) is 1. The lowest BCUT2D eigenvalue weighted by molar-refractivity contribution is 0.615. The second kappa shape index (κ2) is 6.32. The fourth-order valence-electron chi connectivity index (χ4n) is 3.69. The Kier molecular flexibility index (Phi) is 3.77. The molecule has 0 spiro atoms. The van der Waals surface area contributed by atoms with Crippen molar-refractivity contribution >= 4 is 22.8 Å². The summed E-state index contributed by atoms with van der Waals surface area (Å²) in [6, 6.07) is 9.82. The molecule has 0 aliphatic carbocycles. The molecular formula is C19H13ClFN7. The zero-order chi connectivity index (χ0) is 19.3. The zero-order valence-corrected chi connectivity index (χ0v) is 15.2. The first-order chi connectivity index (χ1) is 13.6. The summed E-state index contributed by atoms with van der Waals surface area (Å²) in [6.07, 6.45) is 4.10. The van der Waals surface area contributed by atoms with Gasteiger partial charge in [-0.2, -0.15) is 10.4 Å². The third-order valence-electron chi connectivity index (χ3n) is 4.90. The van der Waals surface area contributed by atoms with Crippen molar-refractivity contribution in [3.63, 3.8) is 0 Å². The van der Waals surface area contributed by atoms with E-state index >= 15 is 0 Å². The number of imidazole rings is 1. The van der Waals surface area contributed by atoms with Gasteiger partial charge in [-0.3, -0.25) is 0 Å². The summed E-state index contributed by atoms with van der Waals surface area (Å²) in [4.78, 5) is 13.7.